The van der Waals surface area contributed by atoms with E-state index in [-0.39, 0.29) is 6.03 Å². The zero-order chi connectivity index (χ0) is 15.1. The highest BCUT2D eigenvalue weighted by Gasteiger charge is 2.28. The van der Waals surface area contributed by atoms with E-state index in [9.17, 15) is 4.79 Å². The van der Waals surface area contributed by atoms with Crippen LogP contribution in [0.15, 0.2) is 30.3 Å². The number of nitrogens with zero attached hydrogens (tertiary/aromatic N) is 2. The number of rotatable bonds is 6. The molecule has 21 heavy (non-hydrogen) atoms. The molecular weight excluding hydrogens is 264 g/mol. The number of hydrogen-bond acceptors (Lipinski definition) is 2. The molecule has 2 amide bonds. The van der Waals surface area contributed by atoms with E-state index in [1.807, 2.05) is 54.0 Å². The second kappa shape index (κ2) is 7.91. The van der Waals surface area contributed by atoms with Crippen molar-refractivity contribution in [3.05, 3.63) is 30.3 Å². The van der Waals surface area contributed by atoms with E-state index in [0.717, 1.165) is 51.4 Å². The molecule has 1 aliphatic rings. The summed E-state index contributed by atoms with van der Waals surface area (Å²) in [7, 11) is 0. The minimum Gasteiger partial charge on any atom is -0.494 e. The molecule has 1 heterocycles. The minimum absolute atomic E-state index is 0.187. The maximum absolute atomic E-state index is 12.3. The first-order chi connectivity index (χ1) is 10.2. The Morgan fingerprint density at radius 3 is 2.67 bits per heavy atom. The first kappa shape index (κ1) is 15.7. The number of ether oxygens (including phenoxy) is 1. The minimum atomic E-state index is 0.187. The molecule has 1 saturated heterocycles. The second-order valence-corrected chi connectivity index (χ2v) is 5.51. The lowest BCUT2D eigenvalue weighted by Crippen LogP contribution is -2.41. The van der Waals surface area contributed by atoms with Crippen molar-refractivity contribution in [1.82, 2.24) is 9.80 Å². The number of likely N-dealkylation sites (tertiary alicyclic amines) is 1. The van der Waals surface area contributed by atoms with Gasteiger partial charge in [-0.3, -0.25) is 0 Å². The average Bonchev–Trinajstić information content (AvgIpc) is 2.98. The predicted molar refractivity (Wildman–Crippen MR) is 84.6 cm³/mol. The summed E-state index contributed by atoms with van der Waals surface area (Å²) in [6, 6.07) is 10.1. The third-order valence-corrected chi connectivity index (χ3v) is 4.13. The maximum Gasteiger partial charge on any atom is 0.319 e. The molecule has 1 aliphatic heterocycles. The van der Waals surface area contributed by atoms with Crippen LogP contribution in [-0.2, 0) is 0 Å². The quantitative estimate of drug-likeness (QED) is 0.805. The first-order valence-electron chi connectivity index (χ1n) is 7.96. The molecule has 0 bridgehead atoms. The average molecular weight is 290 g/mol. The Labute approximate surface area is 127 Å². The van der Waals surface area contributed by atoms with Gasteiger partial charge < -0.3 is 14.5 Å². The monoisotopic (exact) mass is 290 g/mol. The summed E-state index contributed by atoms with van der Waals surface area (Å²) in [6.45, 7) is 8.10. The molecule has 1 unspecified atom stereocenters. The van der Waals surface area contributed by atoms with Crippen molar-refractivity contribution in [2.45, 2.75) is 26.7 Å². The van der Waals surface area contributed by atoms with Crippen LogP contribution in [0.4, 0.5) is 4.79 Å². The van der Waals surface area contributed by atoms with Crippen LogP contribution in [0.1, 0.15) is 26.7 Å². The van der Waals surface area contributed by atoms with Crippen LogP contribution in [-0.4, -0.2) is 48.6 Å². The number of carbonyl (C=O) groups is 1. The highest BCUT2D eigenvalue weighted by Crippen LogP contribution is 2.21. The zero-order valence-corrected chi connectivity index (χ0v) is 13.1. The fourth-order valence-corrected chi connectivity index (χ4v) is 2.80. The van der Waals surface area contributed by atoms with Crippen molar-refractivity contribution in [2.24, 2.45) is 5.92 Å². The van der Waals surface area contributed by atoms with Gasteiger partial charge in [0.2, 0.25) is 0 Å². The van der Waals surface area contributed by atoms with E-state index in [1.165, 1.54) is 0 Å². The summed E-state index contributed by atoms with van der Waals surface area (Å²) < 4.78 is 5.74. The Morgan fingerprint density at radius 1 is 1.29 bits per heavy atom. The van der Waals surface area contributed by atoms with E-state index in [0.29, 0.717) is 5.92 Å². The summed E-state index contributed by atoms with van der Waals surface area (Å²) in [6.07, 6.45) is 2.10. The van der Waals surface area contributed by atoms with Crippen molar-refractivity contribution in [3.8, 4) is 5.75 Å². The Kier molecular flexibility index (Phi) is 5.90. The van der Waals surface area contributed by atoms with Gasteiger partial charge in [0.05, 0.1) is 6.61 Å². The van der Waals surface area contributed by atoms with Gasteiger partial charge in [-0.15, -0.1) is 0 Å². The van der Waals surface area contributed by atoms with E-state index in [1.54, 1.807) is 0 Å². The van der Waals surface area contributed by atoms with Crippen LogP contribution in [0.5, 0.6) is 5.75 Å². The molecule has 0 spiro atoms. The first-order valence-corrected chi connectivity index (χ1v) is 7.96. The highest BCUT2D eigenvalue weighted by atomic mass is 16.5. The van der Waals surface area contributed by atoms with Crippen LogP contribution in [0.3, 0.4) is 0 Å². The molecule has 116 valence electrons. The SMILES string of the molecule is CCN(CC)C(=O)N1CCC(CCOc2ccccc2)C1. The molecule has 1 atom stereocenters. The van der Waals surface area contributed by atoms with E-state index in [4.69, 9.17) is 4.74 Å². The molecule has 4 nitrogen and oxygen atoms in total. The fraction of sp³-hybridized carbons (Fsp3) is 0.588. The van der Waals surface area contributed by atoms with Crippen molar-refractivity contribution >= 4 is 6.03 Å². The third kappa shape index (κ3) is 4.38. The normalized spacial score (nSPS) is 17.8. The number of carbonyl (C=O) groups excluding carboxylic acids is 1. The van der Waals surface area contributed by atoms with E-state index in [2.05, 4.69) is 0 Å². The third-order valence-electron chi connectivity index (χ3n) is 4.13. The lowest BCUT2D eigenvalue weighted by atomic mass is 10.1. The molecule has 1 aromatic carbocycles. The molecule has 4 heteroatoms. The van der Waals surface area contributed by atoms with Crippen molar-refractivity contribution in [3.63, 3.8) is 0 Å². The summed E-state index contributed by atoms with van der Waals surface area (Å²) in [5.41, 5.74) is 0. The van der Waals surface area contributed by atoms with Crippen LogP contribution in [0, 0.1) is 5.92 Å². The van der Waals surface area contributed by atoms with Gasteiger partial charge in [-0.25, -0.2) is 4.79 Å². The van der Waals surface area contributed by atoms with Crippen molar-refractivity contribution in [1.29, 1.82) is 0 Å². The standard InChI is InChI=1S/C17H26N2O2/c1-3-18(4-2)17(20)19-12-10-15(14-19)11-13-21-16-8-6-5-7-9-16/h5-9,15H,3-4,10-14H2,1-2H3. The van der Waals surface area contributed by atoms with Crippen molar-refractivity contribution in [2.75, 3.05) is 32.8 Å². The largest absolute Gasteiger partial charge is 0.494 e. The molecule has 0 N–H and O–H groups in total. The summed E-state index contributed by atoms with van der Waals surface area (Å²) in [5, 5.41) is 0. The smallest absolute Gasteiger partial charge is 0.319 e. The lowest BCUT2D eigenvalue weighted by Gasteiger charge is -2.26. The van der Waals surface area contributed by atoms with Gasteiger partial charge in [0, 0.05) is 26.2 Å². The Balaban J connectivity index is 1.71. The number of para-hydroxylation sites is 1. The molecule has 1 aromatic rings. The van der Waals surface area contributed by atoms with Gasteiger partial charge in [-0.2, -0.15) is 0 Å². The van der Waals surface area contributed by atoms with E-state index < -0.39 is 0 Å². The second-order valence-electron chi connectivity index (χ2n) is 5.51. The lowest BCUT2D eigenvalue weighted by molar-refractivity contribution is 0.165. The zero-order valence-electron chi connectivity index (χ0n) is 13.1. The maximum atomic E-state index is 12.3. The number of benzene rings is 1. The van der Waals surface area contributed by atoms with Gasteiger partial charge in [0.1, 0.15) is 5.75 Å². The molecule has 1 fully saturated rings. The molecule has 0 saturated carbocycles. The van der Waals surface area contributed by atoms with Gasteiger partial charge in [-0.05, 0) is 44.7 Å². The number of urea groups is 1. The number of hydrogen-bond donors (Lipinski definition) is 0. The highest BCUT2D eigenvalue weighted by molar-refractivity contribution is 5.74. The molecule has 0 aliphatic carbocycles. The predicted octanol–water partition coefficient (Wildman–Crippen LogP) is 3.24. The fourth-order valence-electron chi connectivity index (χ4n) is 2.80. The van der Waals surface area contributed by atoms with Crippen LogP contribution >= 0.6 is 0 Å². The van der Waals surface area contributed by atoms with E-state index >= 15 is 0 Å². The Morgan fingerprint density at radius 2 is 2.00 bits per heavy atom. The summed E-state index contributed by atoms with van der Waals surface area (Å²) in [5.74, 6) is 1.49. The van der Waals surface area contributed by atoms with Crippen molar-refractivity contribution < 1.29 is 9.53 Å². The van der Waals surface area contributed by atoms with Crippen LogP contribution < -0.4 is 4.74 Å². The van der Waals surface area contributed by atoms with Gasteiger partial charge in [-0.1, -0.05) is 18.2 Å². The molecule has 0 aromatic heterocycles. The summed E-state index contributed by atoms with van der Waals surface area (Å²) >= 11 is 0. The topological polar surface area (TPSA) is 32.8 Å². The van der Waals surface area contributed by atoms with Gasteiger partial charge in [0.15, 0.2) is 0 Å². The van der Waals surface area contributed by atoms with Crippen LogP contribution in [0.25, 0.3) is 0 Å². The molecule has 0 radical (unpaired) electrons. The van der Waals surface area contributed by atoms with Crippen LogP contribution in [0.2, 0.25) is 0 Å². The van der Waals surface area contributed by atoms with Gasteiger partial charge in [0.25, 0.3) is 0 Å². The summed E-state index contributed by atoms with van der Waals surface area (Å²) in [4.78, 5) is 16.1. The Bertz CT molecular complexity index is 432. The Hall–Kier alpha value is -1.71. The molecular formula is C17H26N2O2. The molecule has 2 rings (SSSR count). The number of amides is 2. The van der Waals surface area contributed by atoms with Gasteiger partial charge >= 0.3 is 6.03 Å².